The molecule has 0 spiro atoms. The molecule has 1 fully saturated rings. The van der Waals surface area contributed by atoms with Gasteiger partial charge in [0.2, 0.25) is 0 Å². The number of carbonyl (C=O) groups excluding carboxylic acids is 2. The molecule has 1 rings (SSSR count). The van der Waals surface area contributed by atoms with E-state index >= 15 is 0 Å². The highest BCUT2D eigenvalue weighted by atomic mass is 16.7. The summed E-state index contributed by atoms with van der Waals surface area (Å²) < 4.78 is 14.1. The summed E-state index contributed by atoms with van der Waals surface area (Å²) >= 11 is 0. The van der Waals surface area contributed by atoms with E-state index in [1.165, 1.54) is 21.0 Å². The molecule has 0 bridgehead atoms. The number of hydrogen-bond donors (Lipinski definition) is 0. The first-order valence-corrected chi connectivity index (χ1v) is 3.66. The highest BCUT2D eigenvalue weighted by Crippen LogP contribution is 2.22. The fourth-order valence-corrected chi connectivity index (χ4v) is 0.875. The van der Waals surface area contributed by atoms with Gasteiger partial charge in [-0.1, -0.05) is 0 Å². The Morgan fingerprint density at radius 1 is 1.23 bits per heavy atom. The van der Waals surface area contributed by atoms with Crippen molar-refractivity contribution in [2.24, 2.45) is 0 Å². The fraction of sp³-hybridized carbons (Fsp3) is 0.500. The van der Waals surface area contributed by atoms with Crippen molar-refractivity contribution in [3.63, 3.8) is 0 Å². The largest absolute Gasteiger partial charge is 0.503 e. The second-order valence-electron chi connectivity index (χ2n) is 2.95. The van der Waals surface area contributed by atoms with Gasteiger partial charge in [0, 0.05) is 13.8 Å². The summed E-state index contributed by atoms with van der Waals surface area (Å²) in [4.78, 5) is 22.3. The Labute approximate surface area is 75.3 Å². The van der Waals surface area contributed by atoms with Crippen molar-refractivity contribution < 1.29 is 23.8 Å². The second kappa shape index (κ2) is 3.08. The average molecular weight is 186 g/mol. The van der Waals surface area contributed by atoms with Crippen LogP contribution in [0.1, 0.15) is 13.8 Å². The standard InChI is InChI=1S/C8H10O5/c1-8(2)12-6(9)5(4-11-3)7(10)13-8/h4H,1-3H3. The summed E-state index contributed by atoms with van der Waals surface area (Å²) in [5.41, 5.74) is -0.234. The van der Waals surface area contributed by atoms with Crippen LogP contribution in [0, 0.1) is 0 Å². The van der Waals surface area contributed by atoms with E-state index in [0.717, 1.165) is 6.26 Å². The van der Waals surface area contributed by atoms with E-state index in [4.69, 9.17) is 9.47 Å². The summed E-state index contributed by atoms with van der Waals surface area (Å²) in [7, 11) is 1.33. The molecule has 13 heavy (non-hydrogen) atoms. The van der Waals surface area contributed by atoms with Crippen molar-refractivity contribution in [1.82, 2.24) is 0 Å². The van der Waals surface area contributed by atoms with Gasteiger partial charge in [-0.05, 0) is 0 Å². The Morgan fingerprint density at radius 2 is 1.69 bits per heavy atom. The van der Waals surface area contributed by atoms with Crippen molar-refractivity contribution in [2.45, 2.75) is 19.6 Å². The Morgan fingerprint density at radius 3 is 2.08 bits per heavy atom. The molecule has 1 heterocycles. The monoisotopic (exact) mass is 186 g/mol. The highest BCUT2D eigenvalue weighted by Gasteiger charge is 2.39. The lowest BCUT2D eigenvalue weighted by Crippen LogP contribution is -2.41. The lowest BCUT2D eigenvalue weighted by molar-refractivity contribution is -0.222. The van der Waals surface area contributed by atoms with Gasteiger partial charge >= 0.3 is 11.9 Å². The van der Waals surface area contributed by atoms with Crippen molar-refractivity contribution in [3.05, 3.63) is 11.8 Å². The van der Waals surface area contributed by atoms with Crippen LogP contribution in [-0.4, -0.2) is 24.8 Å². The zero-order valence-corrected chi connectivity index (χ0v) is 7.62. The van der Waals surface area contributed by atoms with Crippen LogP contribution in [0.3, 0.4) is 0 Å². The van der Waals surface area contributed by atoms with Crippen LogP contribution in [-0.2, 0) is 23.8 Å². The number of esters is 2. The van der Waals surface area contributed by atoms with Gasteiger partial charge in [-0.15, -0.1) is 0 Å². The minimum absolute atomic E-state index is 0.234. The van der Waals surface area contributed by atoms with Gasteiger partial charge in [0.15, 0.2) is 5.57 Å². The number of cyclic esters (lactones) is 2. The van der Waals surface area contributed by atoms with Crippen molar-refractivity contribution in [2.75, 3.05) is 7.11 Å². The molecule has 5 nitrogen and oxygen atoms in total. The topological polar surface area (TPSA) is 61.8 Å². The Balaban J connectivity index is 2.89. The molecule has 0 N–H and O–H groups in total. The summed E-state index contributed by atoms with van der Waals surface area (Å²) in [6, 6.07) is 0. The molecule has 72 valence electrons. The molecular weight excluding hydrogens is 176 g/mol. The predicted octanol–water partition coefficient (Wildman–Crippen LogP) is 0.353. The van der Waals surface area contributed by atoms with E-state index in [0.29, 0.717) is 0 Å². The first-order chi connectivity index (χ1) is 5.96. The Bertz CT molecular complexity index is 254. The molecule has 0 saturated carbocycles. The Kier molecular flexibility index (Phi) is 2.27. The van der Waals surface area contributed by atoms with Crippen molar-refractivity contribution >= 4 is 11.9 Å². The van der Waals surface area contributed by atoms with E-state index in [9.17, 15) is 9.59 Å². The third-order valence-corrected chi connectivity index (χ3v) is 1.35. The quantitative estimate of drug-likeness (QED) is 0.256. The van der Waals surface area contributed by atoms with Gasteiger partial charge in [-0.3, -0.25) is 0 Å². The molecule has 0 aromatic rings. The smallest absolute Gasteiger partial charge is 0.352 e. The van der Waals surface area contributed by atoms with Crippen molar-refractivity contribution in [1.29, 1.82) is 0 Å². The van der Waals surface area contributed by atoms with E-state index in [2.05, 4.69) is 4.74 Å². The molecule has 0 aliphatic carbocycles. The zero-order valence-electron chi connectivity index (χ0n) is 7.62. The van der Waals surface area contributed by atoms with E-state index in [-0.39, 0.29) is 5.57 Å². The number of hydrogen-bond acceptors (Lipinski definition) is 5. The first kappa shape index (κ1) is 9.57. The number of ether oxygens (including phenoxy) is 3. The minimum atomic E-state index is -1.20. The maximum absolute atomic E-state index is 11.1. The molecule has 1 aliphatic rings. The van der Waals surface area contributed by atoms with E-state index in [1.807, 2.05) is 0 Å². The molecule has 0 atom stereocenters. The van der Waals surface area contributed by atoms with Gasteiger partial charge in [-0.2, -0.15) is 0 Å². The van der Waals surface area contributed by atoms with Crippen LogP contribution in [0.5, 0.6) is 0 Å². The van der Waals surface area contributed by atoms with Gasteiger partial charge in [0.25, 0.3) is 5.79 Å². The summed E-state index contributed by atoms with van der Waals surface area (Å²) in [5.74, 6) is -2.66. The van der Waals surface area contributed by atoms with E-state index in [1.54, 1.807) is 0 Å². The third kappa shape index (κ3) is 1.99. The predicted molar refractivity (Wildman–Crippen MR) is 41.4 cm³/mol. The summed E-state index contributed by atoms with van der Waals surface area (Å²) in [6.07, 6.45) is 1.000. The van der Waals surface area contributed by atoms with Gasteiger partial charge in [-0.25, -0.2) is 9.59 Å². The van der Waals surface area contributed by atoms with Crippen LogP contribution in [0.15, 0.2) is 11.8 Å². The van der Waals surface area contributed by atoms with Crippen LogP contribution in [0.4, 0.5) is 0 Å². The lowest BCUT2D eigenvalue weighted by Gasteiger charge is -2.29. The van der Waals surface area contributed by atoms with Crippen LogP contribution in [0.25, 0.3) is 0 Å². The zero-order chi connectivity index (χ0) is 10.1. The summed E-state index contributed by atoms with van der Waals surface area (Å²) in [5, 5.41) is 0. The van der Waals surface area contributed by atoms with E-state index < -0.39 is 17.7 Å². The maximum atomic E-state index is 11.1. The number of methoxy groups -OCH3 is 1. The molecule has 0 aromatic carbocycles. The molecule has 0 amide bonds. The third-order valence-electron chi connectivity index (χ3n) is 1.35. The highest BCUT2D eigenvalue weighted by molar-refractivity contribution is 6.15. The molecule has 0 unspecified atom stereocenters. The SMILES string of the molecule is COC=C1C(=O)OC(C)(C)OC1=O. The normalized spacial score (nSPS) is 20.4. The molecule has 0 aromatic heterocycles. The number of carbonyl (C=O) groups is 2. The number of rotatable bonds is 1. The van der Waals surface area contributed by atoms with Crippen LogP contribution >= 0.6 is 0 Å². The van der Waals surface area contributed by atoms with Crippen LogP contribution in [0.2, 0.25) is 0 Å². The van der Waals surface area contributed by atoms with Gasteiger partial charge in [0.05, 0.1) is 7.11 Å². The van der Waals surface area contributed by atoms with Crippen molar-refractivity contribution in [3.8, 4) is 0 Å². The molecule has 1 aliphatic heterocycles. The molecule has 0 radical (unpaired) electrons. The molecular formula is C8H10O5. The molecule has 5 heteroatoms. The summed E-state index contributed by atoms with van der Waals surface area (Å²) in [6.45, 7) is 2.96. The van der Waals surface area contributed by atoms with Gasteiger partial charge < -0.3 is 14.2 Å². The fourth-order valence-electron chi connectivity index (χ4n) is 0.875. The van der Waals surface area contributed by atoms with Crippen LogP contribution < -0.4 is 0 Å². The minimum Gasteiger partial charge on any atom is -0.503 e. The lowest BCUT2D eigenvalue weighted by atomic mass is 10.2. The first-order valence-electron chi connectivity index (χ1n) is 3.66. The average Bonchev–Trinajstić information content (AvgIpc) is 1.94. The molecule has 1 saturated heterocycles. The second-order valence-corrected chi connectivity index (χ2v) is 2.95. The van der Waals surface area contributed by atoms with Gasteiger partial charge in [0.1, 0.15) is 6.26 Å². The maximum Gasteiger partial charge on any atom is 0.352 e. The Hall–Kier alpha value is -1.52.